The van der Waals surface area contributed by atoms with Crippen molar-refractivity contribution in [3.8, 4) is 0 Å². The second-order valence-corrected chi connectivity index (χ2v) is 8.91. The maximum absolute atomic E-state index is 10.1. The fraction of sp³-hybridized carbons (Fsp3) is 1.00. The van der Waals surface area contributed by atoms with Gasteiger partial charge in [-0.05, 0) is 56.8 Å². The Bertz CT molecular complexity index is 343. The van der Waals surface area contributed by atoms with Crippen LogP contribution in [0.1, 0.15) is 60.8 Å². The second kappa shape index (κ2) is 5.26. The molecular weight excluding hydrogens is 250 g/mol. The van der Waals surface area contributed by atoms with Crippen LogP contribution >= 0.6 is 0 Å². The average Bonchev–Trinajstić information content (AvgIpc) is 2.76. The summed E-state index contributed by atoms with van der Waals surface area (Å²) in [6.45, 7) is 14.4. The lowest BCUT2D eigenvalue weighted by Crippen LogP contribution is -2.46. The van der Waals surface area contributed by atoms with Crippen LogP contribution in [0.2, 0.25) is 0 Å². The van der Waals surface area contributed by atoms with E-state index >= 15 is 0 Å². The highest BCUT2D eigenvalue weighted by atomic mass is 16.5. The van der Waals surface area contributed by atoms with E-state index in [1.54, 1.807) is 0 Å². The summed E-state index contributed by atoms with van der Waals surface area (Å²) < 4.78 is 6.19. The van der Waals surface area contributed by atoms with E-state index < -0.39 is 6.10 Å². The molecule has 0 aromatic carbocycles. The van der Waals surface area contributed by atoms with Crippen molar-refractivity contribution in [2.45, 2.75) is 78.6 Å². The van der Waals surface area contributed by atoms with Crippen molar-refractivity contribution >= 4 is 0 Å². The van der Waals surface area contributed by atoms with Crippen LogP contribution in [-0.4, -0.2) is 36.0 Å². The van der Waals surface area contributed by atoms with Crippen LogP contribution < -0.4 is 5.32 Å². The van der Waals surface area contributed by atoms with Gasteiger partial charge in [-0.15, -0.1) is 0 Å². The molecule has 0 unspecified atom stereocenters. The van der Waals surface area contributed by atoms with Crippen molar-refractivity contribution in [1.29, 1.82) is 0 Å². The maximum Gasteiger partial charge on any atom is 0.0898 e. The minimum absolute atomic E-state index is 0.0403. The molecule has 2 fully saturated rings. The topological polar surface area (TPSA) is 41.5 Å². The Morgan fingerprint density at radius 1 is 1.30 bits per heavy atom. The van der Waals surface area contributed by atoms with Gasteiger partial charge in [-0.2, -0.15) is 0 Å². The first-order chi connectivity index (χ1) is 9.05. The molecule has 118 valence electrons. The van der Waals surface area contributed by atoms with E-state index in [2.05, 4.69) is 46.9 Å². The Kier molecular flexibility index (Phi) is 4.27. The summed E-state index contributed by atoms with van der Waals surface area (Å²) in [4.78, 5) is 0. The summed E-state index contributed by atoms with van der Waals surface area (Å²) in [6, 6.07) is 0. The zero-order valence-corrected chi connectivity index (χ0v) is 14.1. The van der Waals surface area contributed by atoms with Gasteiger partial charge >= 0.3 is 0 Å². The third-order valence-corrected chi connectivity index (χ3v) is 5.46. The van der Waals surface area contributed by atoms with Gasteiger partial charge in [0.2, 0.25) is 0 Å². The Hall–Kier alpha value is -0.120. The summed E-state index contributed by atoms with van der Waals surface area (Å²) in [5.41, 5.74) is 0.619. The number of rotatable bonds is 5. The zero-order valence-electron chi connectivity index (χ0n) is 14.1. The van der Waals surface area contributed by atoms with Crippen LogP contribution in [0.3, 0.4) is 0 Å². The third kappa shape index (κ3) is 3.20. The molecule has 0 aromatic heterocycles. The predicted octanol–water partition coefficient (Wildman–Crippen LogP) is 2.97. The standard InChI is InChI=1S/C17H33NO2/c1-15(2,3)18-10-13(19)11-20-14-16(4,5)12-7-8-17(14,6)9-12/h12-14,18-19H,7-11H2,1-6H3/t12-,13-,14-,17-/m1/s1. The first-order valence-corrected chi connectivity index (χ1v) is 8.09. The quantitative estimate of drug-likeness (QED) is 0.815. The number of aliphatic hydroxyl groups is 1. The highest BCUT2D eigenvalue weighted by molar-refractivity contribution is 5.09. The van der Waals surface area contributed by atoms with Crippen LogP contribution in [-0.2, 0) is 4.74 Å². The Balaban J connectivity index is 1.85. The fourth-order valence-electron chi connectivity index (χ4n) is 4.36. The van der Waals surface area contributed by atoms with Crippen molar-refractivity contribution in [3.05, 3.63) is 0 Å². The van der Waals surface area contributed by atoms with Crippen molar-refractivity contribution < 1.29 is 9.84 Å². The molecule has 0 aromatic rings. The van der Waals surface area contributed by atoms with Gasteiger partial charge in [-0.3, -0.25) is 0 Å². The Labute approximate surface area is 124 Å². The van der Waals surface area contributed by atoms with Crippen molar-refractivity contribution in [2.24, 2.45) is 16.7 Å². The lowest BCUT2D eigenvalue weighted by Gasteiger charge is -2.42. The largest absolute Gasteiger partial charge is 0.389 e. The molecule has 3 nitrogen and oxygen atoms in total. The van der Waals surface area contributed by atoms with Crippen LogP contribution in [0.25, 0.3) is 0 Å². The summed E-state index contributed by atoms with van der Waals surface area (Å²) in [5, 5.41) is 13.4. The summed E-state index contributed by atoms with van der Waals surface area (Å²) in [7, 11) is 0. The average molecular weight is 283 g/mol. The van der Waals surface area contributed by atoms with E-state index in [0.29, 0.717) is 18.6 Å². The molecule has 2 bridgehead atoms. The molecular formula is C17H33NO2. The minimum atomic E-state index is -0.423. The lowest BCUT2D eigenvalue weighted by molar-refractivity contribution is -0.110. The maximum atomic E-state index is 10.1. The Morgan fingerprint density at radius 3 is 2.45 bits per heavy atom. The number of hydrogen-bond acceptors (Lipinski definition) is 3. The minimum Gasteiger partial charge on any atom is -0.389 e. The van der Waals surface area contributed by atoms with Crippen LogP contribution in [0.15, 0.2) is 0 Å². The van der Waals surface area contributed by atoms with E-state index in [1.165, 1.54) is 19.3 Å². The van der Waals surface area contributed by atoms with Gasteiger partial charge < -0.3 is 15.2 Å². The number of ether oxygens (including phenoxy) is 1. The number of aliphatic hydroxyl groups excluding tert-OH is 1. The second-order valence-electron chi connectivity index (χ2n) is 8.91. The number of β-amino-alcohol motifs (C(OH)–C–C–N with tert-alkyl or cyclic N) is 1. The monoisotopic (exact) mass is 283 g/mol. The molecule has 2 N–H and O–H groups in total. The van der Waals surface area contributed by atoms with E-state index in [4.69, 9.17) is 4.74 Å². The lowest BCUT2D eigenvalue weighted by atomic mass is 9.70. The smallest absolute Gasteiger partial charge is 0.0898 e. The molecule has 2 aliphatic carbocycles. The molecule has 0 heterocycles. The van der Waals surface area contributed by atoms with Gasteiger partial charge in [0.05, 0.1) is 18.8 Å². The van der Waals surface area contributed by atoms with Crippen LogP contribution in [0.4, 0.5) is 0 Å². The molecule has 0 spiro atoms. The number of hydrogen-bond donors (Lipinski definition) is 2. The van der Waals surface area contributed by atoms with Gasteiger partial charge in [-0.1, -0.05) is 20.8 Å². The van der Waals surface area contributed by atoms with Gasteiger partial charge in [0.15, 0.2) is 0 Å². The number of fused-ring (bicyclic) bond motifs is 2. The van der Waals surface area contributed by atoms with E-state index in [-0.39, 0.29) is 17.1 Å². The zero-order chi connectivity index (χ0) is 15.2. The molecule has 0 saturated heterocycles. The van der Waals surface area contributed by atoms with E-state index in [1.807, 2.05) is 0 Å². The van der Waals surface area contributed by atoms with Gasteiger partial charge in [-0.25, -0.2) is 0 Å². The SMILES string of the molecule is CC(C)(C)NC[C@@H](O)CO[C@@H]1C(C)(C)[C@@H]2CC[C@]1(C)C2. The molecule has 3 heteroatoms. The molecule has 2 rings (SSSR count). The predicted molar refractivity (Wildman–Crippen MR) is 82.7 cm³/mol. The Morgan fingerprint density at radius 2 is 1.95 bits per heavy atom. The molecule has 2 saturated carbocycles. The van der Waals surface area contributed by atoms with Crippen LogP contribution in [0.5, 0.6) is 0 Å². The first-order valence-electron chi connectivity index (χ1n) is 8.09. The number of nitrogens with one attached hydrogen (secondary N) is 1. The molecule has 20 heavy (non-hydrogen) atoms. The molecule has 0 radical (unpaired) electrons. The molecule has 0 amide bonds. The van der Waals surface area contributed by atoms with Crippen molar-refractivity contribution in [1.82, 2.24) is 5.32 Å². The summed E-state index contributed by atoms with van der Waals surface area (Å²) >= 11 is 0. The van der Waals surface area contributed by atoms with Gasteiger partial charge in [0.1, 0.15) is 0 Å². The third-order valence-electron chi connectivity index (χ3n) is 5.46. The molecule has 0 aliphatic heterocycles. The summed E-state index contributed by atoms with van der Waals surface area (Å²) in [5.74, 6) is 0.794. The molecule has 4 atom stereocenters. The fourth-order valence-corrected chi connectivity index (χ4v) is 4.36. The van der Waals surface area contributed by atoms with E-state index in [9.17, 15) is 5.11 Å². The first kappa shape index (κ1) is 16.3. The van der Waals surface area contributed by atoms with Gasteiger partial charge in [0.25, 0.3) is 0 Å². The van der Waals surface area contributed by atoms with E-state index in [0.717, 1.165) is 5.92 Å². The van der Waals surface area contributed by atoms with Crippen molar-refractivity contribution in [3.63, 3.8) is 0 Å². The highest BCUT2D eigenvalue weighted by Crippen LogP contribution is 2.63. The normalized spacial score (nSPS) is 37.4. The van der Waals surface area contributed by atoms with Crippen LogP contribution in [0, 0.1) is 16.7 Å². The van der Waals surface area contributed by atoms with Crippen molar-refractivity contribution in [2.75, 3.05) is 13.2 Å². The molecule has 2 aliphatic rings. The van der Waals surface area contributed by atoms with Gasteiger partial charge in [0, 0.05) is 12.1 Å². The summed E-state index contributed by atoms with van der Waals surface area (Å²) in [6.07, 6.45) is 3.78. The highest BCUT2D eigenvalue weighted by Gasteiger charge is 2.60.